The molecule has 3 nitrogen and oxygen atoms in total. The predicted octanol–water partition coefficient (Wildman–Crippen LogP) is 2.92. The maximum Gasteiger partial charge on any atom is 0.184 e. The lowest BCUT2D eigenvalue weighted by atomic mass is 9.96. The van der Waals surface area contributed by atoms with Crippen LogP contribution in [-0.2, 0) is 0 Å². The Kier molecular flexibility index (Phi) is 5.67. The summed E-state index contributed by atoms with van der Waals surface area (Å²) in [6.45, 7) is 3.23. The minimum Gasteiger partial charge on any atom is -0.395 e. The zero-order chi connectivity index (χ0) is 15.1. The van der Waals surface area contributed by atoms with Crippen LogP contribution in [0, 0.1) is 0 Å². The highest BCUT2D eigenvalue weighted by molar-refractivity contribution is 6.00. The minimum atomic E-state index is -0.356. The van der Waals surface area contributed by atoms with Crippen molar-refractivity contribution in [2.75, 3.05) is 19.7 Å². The maximum absolute atomic E-state index is 12.9. The highest BCUT2D eigenvalue weighted by Crippen LogP contribution is 2.24. The topological polar surface area (TPSA) is 40.5 Å². The largest absolute Gasteiger partial charge is 0.395 e. The molecule has 0 bridgehead atoms. The second kappa shape index (κ2) is 7.72. The fraction of sp³-hybridized carbons (Fsp3) is 0.278. The van der Waals surface area contributed by atoms with Gasteiger partial charge in [0.1, 0.15) is 0 Å². The molecule has 1 N–H and O–H groups in total. The number of hydrogen-bond donors (Lipinski definition) is 1. The molecule has 2 rings (SSSR count). The Labute approximate surface area is 125 Å². The van der Waals surface area contributed by atoms with Gasteiger partial charge in [-0.15, -0.1) is 0 Å². The van der Waals surface area contributed by atoms with E-state index in [2.05, 4.69) is 0 Å². The van der Waals surface area contributed by atoms with Crippen LogP contribution in [-0.4, -0.2) is 35.5 Å². The van der Waals surface area contributed by atoms with Crippen LogP contribution in [0.5, 0.6) is 0 Å². The summed E-state index contributed by atoms with van der Waals surface area (Å²) in [6.07, 6.45) is 0. The summed E-state index contributed by atoms with van der Waals surface area (Å²) in [7, 11) is 0. The summed E-state index contributed by atoms with van der Waals surface area (Å²) >= 11 is 0. The zero-order valence-electron chi connectivity index (χ0n) is 12.3. The van der Waals surface area contributed by atoms with Crippen molar-refractivity contribution in [2.24, 2.45) is 0 Å². The van der Waals surface area contributed by atoms with E-state index in [4.69, 9.17) is 0 Å². The maximum atomic E-state index is 12.9. The van der Waals surface area contributed by atoms with E-state index in [1.165, 1.54) is 0 Å². The van der Waals surface area contributed by atoms with Gasteiger partial charge in [0.05, 0.1) is 12.6 Å². The summed E-state index contributed by atoms with van der Waals surface area (Å²) in [5, 5.41) is 9.26. The molecule has 21 heavy (non-hydrogen) atoms. The van der Waals surface area contributed by atoms with E-state index in [0.717, 1.165) is 5.56 Å². The Morgan fingerprint density at radius 1 is 1.05 bits per heavy atom. The predicted molar refractivity (Wildman–Crippen MR) is 84.3 cm³/mol. The number of rotatable bonds is 7. The van der Waals surface area contributed by atoms with Crippen molar-refractivity contribution in [3.63, 3.8) is 0 Å². The normalized spacial score (nSPS) is 12.3. The number of Topliss-reactive ketones (excluding diaryl/α,β-unsaturated/α-hetero) is 1. The third kappa shape index (κ3) is 3.78. The number of aliphatic hydroxyl groups is 1. The first-order valence-electron chi connectivity index (χ1n) is 7.27. The summed E-state index contributed by atoms with van der Waals surface area (Å²) in [6, 6.07) is 18.7. The Hall–Kier alpha value is -1.97. The zero-order valence-corrected chi connectivity index (χ0v) is 12.3. The van der Waals surface area contributed by atoms with Gasteiger partial charge in [-0.05, 0) is 12.1 Å². The standard InChI is InChI=1S/C18H21NO2/c1-2-19(13-14-20)17(15-9-5-3-6-10-15)18(21)16-11-7-4-8-12-16/h3-12,17,20H,2,13-14H2,1H3/t17-/m1/s1. The molecule has 0 saturated heterocycles. The van der Waals surface area contributed by atoms with Gasteiger partial charge in [0.25, 0.3) is 0 Å². The number of benzene rings is 2. The van der Waals surface area contributed by atoms with Gasteiger partial charge in [-0.25, -0.2) is 0 Å². The van der Waals surface area contributed by atoms with Crippen LogP contribution in [0.25, 0.3) is 0 Å². The molecule has 0 aliphatic rings. The number of ketones is 1. The van der Waals surface area contributed by atoms with Crippen molar-refractivity contribution >= 4 is 5.78 Å². The minimum absolute atomic E-state index is 0.0409. The molecule has 0 radical (unpaired) electrons. The van der Waals surface area contributed by atoms with Crippen molar-refractivity contribution in [1.82, 2.24) is 4.90 Å². The van der Waals surface area contributed by atoms with Crippen LogP contribution in [0.2, 0.25) is 0 Å². The molecule has 0 aromatic heterocycles. The Balaban J connectivity index is 2.38. The number of carbonyl (C=O) groups is 1. The third-order valence-electron chi connectivity index (χ3n) is 3.58. The molecular weight excluding hydrogens is 262 g/mol. The fourth-order valence-corrected chi connectivity index (χ4v) is 2.52. The molecular formula is C18H21NO2. The highest BCUT2D eigenvalue weighted by Gasteiger charge is 2.27. The van der Waals surface area contributed by atoms with Crippen LogP contribution in [0.3, 0.4) is 0 Å². The number of likely N-dealkylation sites (N-methyl/N-ethyl adjacent to an activating group) is 1. The number of hydrogen-bond acceptors (Lipinski definition) is 3. The molecule has 2 aromatic carbocycles. The summed E-state index contributed by atoms with van der Waals surface area (Å²) in [4.78, 5) is 14.9. The third-order valence-corrected chi connectivity index (χ3v) is 3.58. The first kappa shape index (κ1) is 15.4. The van der Waals surface area contributed by atoms with Gasteiger partial charge in [0.2, 0.25) is 0 Å². The molecule has 0 unspecified atom stereocenters. The average molecular weight is 283 g/mol. The highest BCUT2D eigenvalue weighted by atomic mass is 16.3. The Morgan fingerprint density at radius 3 is 2.14 bits per heavy atom. The number of carbonyl (C=O) groups excluding carboxylic acids is 1. The lowest BCUT2D eigenvalue weighted by Gasteiger charge is -2.29. The molecule has 0 saturated carbocycles. The second-order valence-electron chi connectivity index (χ2n) is 4.90. The molecule has 1 atom stereocenters. The van der Waals surface area contributed by atoms with Crippen LogP contribution >= 0.6 is 0 Å². The SMILES string of the molecule is CCN(CCO)[C@@H](C(=O)c1ccccc1)c1ccccc1. The van der Waals surface area contributed by atoms with E-state index in [1.54, 1.807) is 0 Å². The summed E-state index contributed by atoms with van der Waals surface area (Å²) in [5.74, 6) is 0.0668. The molecule has 3 heteroatoms. The lowest BCUT2D eigenvalue weighted by molar-refractivity contribution is 0.0793. The van der Waals surface area contributed by atoms with Crippen LogP contribution in [0.15, 0.2) is 60.7 Å². The smallest absolute Gasteiger partial charge is 0.184 e. The number of nitrogens with zero attached hydrogens (tertiary/aromatic N) is 1. The van der Waals surface area contributed by atoms with Gasteiger partial charge >= 0.3 is 0 Å². The Bertz CT molecular complexity index is 554. The van der Waals surface area contributed by atoms with Crippen molar-refractivity contribution in [3.8, 4) is 0 Å². The van der Waals surface area contributed by atoms with E-state index in [-0.39, 0.29) is 18.4 Å². The Morgan fingerprint density at radius 2 is 1.62 bits per heavy atom. The van der Waals surface area contributed by atoms with Gasteiger partial charge in [-0.3, -0.25) is 9.69 Å². The molecule has 0 heterocycles. The molecule has 0 spiro atoms. The molecule has 0 aliphatic heterocycles. The lowest BCUT2D eigenvalue weighted by Crippen LogP contribution is -2.36. The van der Waals surface area contributed by atoms with Gasteiger partial charge < -0.3 is 5.11 Å². The van der Waals surface area contributed by atoms with E-state index in [9.17, 15) is 9.90 Å². The van der Waals surface area contributed by atoms with Gasteiger partial charge in [0, 0.05) is 12.1 Å². The van der Waals surface area contributed by atoms with E-state index < -0.39 is 0 Å². The molecule has 110 valence electrons. The quantitative estimate of drug-likeness (QED) is 0.794. The first-order valence-corrected chi connectivity index (χ1v) is 7.27. The van der Waals surface area contributed by atoms with E-state index >= 15 is 0 Å². The van der Waals surface area contributed by atoms with Gasteiger partial charge in [-0.2, -0.15) is 0 Å². The molecule has 2 aromatic rings. The van der Waals surface area contributed by atoms with Crippen LogP contribution in [0.1, 0.15) is 28.9 Å². The molecule has 0 fully saturated rings. The molecule has 0 amide bonds. The van der Waals surface area contributed by atoms with Crippen molar-refractivity contribution in [2.45, 2.75) is 13.0 Å². The monoisotopic (exact) mass is 283 g/mol. The molecule has 0 aliphatic carbocycles. The van der Waals surface area contributed by atoms with Crippen molar-refractivity contribution in [3.05, 3.63) is 71.8 Å². The number of aliphatic hydroxyl groups excluding tert-OH is 1. The average Bonchev–Trinajstić information content (AvgIpc) is 2.56. The summed E-state index contributed by atoms with van der Waals surface area (Å²) in [5.41, 5.74) is 1.66. The van der Waals surface area contributed by atoms with Gasteiger partial charge in [-0.1, -0.05) is 67.6 Å². The van der Waals surface area contributed by atoms with Gasteiger partial charge in [0.15, 0.2) is 5.78 Å². The van der Waals surface area contributed by atoms with E-state index in [1.807, 2.05) is 72.5 Å². The summed E-state index contributed by atoms with van der Waals surface area (Å²) < 4.78 is 0. The van der Waals surface area contributed by atoms with Crippen molar-refractivity contribution < 1.29 is 9.90 Å². The van der Waals surface area contributed by atoms with Crippen LogP contribution in [0.4, 0.5) is 0 Å². The van der Waals surface area contributed by atoms with E-state index in [0.29, 0.717) is 18.7 Å². The first-order chi connectivity index (χ1) is 10.3. The second-order valence-corrected chi connectivity index (χ2v) is 4.90. The fourth-order valence-electron chi connectivity index (χ4n) is 2.52. The van der Waals surface area contributed by atoms with Crippen molar-refractivity contribution in [1.29, 1.82) is 0 Å². The van der Waals surface area contributed by atoms with Crippen LogP contribution < -0.4 is 0 Å².